The van der Waals surface area contributed by atoms with Gasteiger partial charge in [0.15, 0.2) is 0 Å². The molecule has 0 radical (unpaired) electrons. The minimum Gasteiger partial charge on any atom is -0.492 e. The lowest BCUT2D eigenvalue weighted by atomic mass is 9.93. The summed E-state index contributed by atoms with van der Waals surface area (Å²) in [5.41, 5.74) is 0. The number of para-hydroxylation sites is 1. The van der Waals surface area contributed by atoms with Crippen LogP contribution in [0.15, 0.2) is 28.7 Å². The van der Waals surface area contributed by atoms with Crippen LogP contribution in [0.1, 0.15) is 38.5 Å². The van der Waals surface area contributed by atoms with Crippen molar-refractivity contribution in [1.82, 2.24) is 4.90 Å². The number of rotatable bonds is 8. The molecule has 1 atom stereocenters. The third-order valence-electron chi connectivity index (χ3n) is 4.27. The molecule has 1 unspecified atom stereocenters. The Hall–Kier alpha value is -1.56. The summed E-state index contributed by atoms with van der Waals surface area (Å²) in [6.07, 6.45) is 3.97. The fraction of sp³-hybridized carbons (Fsp3) is 0.556. The molecule has 0 saturated carbocycles. The van der Waals surface area contributed by atoms with Crippen LogP contribution in [0.2, 0.25) is 0 Å². The summed E-state index contributed by atoms with van der Waals surface area (Å²) < 4.78 is 6.59. The van der Waals surface area contributed by atoms with Crippen LogP contribution in [0.4, 0.5) is 0 Å². The van der Waals surface area contributed by atoms with Crippen LogP contribution in [0, 0.1) is 5.92 Å². The molecule has 1 aromatic rings. The number of hydrogen-bond donors (Lipinski definition) is 1. The molecule has 132 valence electrons. The highest BCUT2D eigenvalue weighted by Gasteiger charge is 2.23. The van der Waals surface area contributed by atoms with Crippen molar-refractivity contribution in [2.24, 2.45) is 5.92 Å². The largest absolute Gasteiger partial charge is 0.492 e. The van der Waals surface area contributed by atoms with E-state index in [0.29, 0.717) is 38.3 Å². The smallest absolute Gasteiger partial charge is 0.303 e. The highest BCUT2D eigenvalue weighted by Crippen LogP contribution is 2.24. The fourth-order valence-electron chi connectivity index (χ4n) is 2.98. The molecule has 1 heterocycles. The number of hydrogen-bond acceptors (Lipinski definition) is 3. The third kappa shape index (κ3) is 6.15. The Labute approximate surface area is 151 Å². The Bertz CT molecular complexity index is 564. The molecule has 2 rings (SSSR count). The highest BCUT2D eigenvalue weighted by molar-refractivity contribution is 9.10. The maximum Gasteiger partial charge on any atom is 0.303 e. The first kappa shape index (κ1) is 18.8. The van der Waals surface area contributed by atoms with E-state index in [2.05, 4.69) is 15.9 Å². The first-order chi connectivity index (χ1) is 11.6. The molecule has 1 saturated heterocycles. The van der Waals surface area contributed by atoms with E-state index in [-0.39, 0.29) is 12.3 Å². The van der Waals surface area contributed by atoms with E-state index in [0.717, 1.165) is 29.6 Å². The van der Waals surface area contributed by atoms with Crippen molar-refractivity contribution in [2.75, 3.05) is 19.7 Å². The predicted molar refractivity (Wildman–Crippen MR) is 95.0 cm³/mol. The molecule has 1 fully saturated rings. The van der Waals surface area contributed by atoms with Gasteiger partial charge >= 0.3 is 5.97 Å². The van der Waals surface area contributed by atoms with E-state index < -0.39 is 5.97 Å². The van der Waals surface area contributed by atoms with E-state index in [1.54, 1.807) is 0 Å². The summed E-state index contributed by atoms with van der Waals surface area (Å²) >= 11 is 3.43. The van der Waals surface area contributed by atoms with Crippen LogP contribution >= 0.6 is 15.9 Å². The van der Waals surface area contributed by atoms with Gasteiger partial charge in [-0.1, -0.05) is 12.1 Å². The maximum absolute atomic E-state index is 12.3. The summed E-state index contributed by atoms with van der Waals surface area (Å²) in [5, 5.41) is 8.78. The average Bonchev–Trinajstić information content (AvgIpc) is 2.58. The van der Waals surface area contributed by atoms with E-state index in [1.165, 1.54) is 0 Å². The molecule has 0 aromatic heterocycles. The maximum atomic E-state index is 12.3. The first-order valence-corrected chi connectivity index (χ1v) is 9.22. The number of carbonyl (C=O) groups excluding carboxylic acids is 1. The number of aliphatic carboxylic acids is 1. The van der Waals surface area contributed by atoms with Crippen molar-refractivity contribution >= 4 is 27.8 Å². The van der Waals surface area contributed by atoms with Crippen molar-refractivity contribution in [3.8, 4) is 5.75 Å². The standard InChI is InChI=1S/C18H24BrNO4/c19-15-6-1-2-7-16(15)24-12-4-8-17(21)20-11-3-5-14(13-20)9-10-18(22)23/h1-2,6-7,14H,3-5,8-13H2,(H,22,23). The summed E-state index contributed by atoms with van der Waals surface area (Å²) in [6, 6.07) is 7.66. The number of carboxylic acids is 1. The van der Waals surface area contributed by atoms with Gasteiger partial charge in [-0.25, -0.2) is 0 Å². The molecule has 1 aromatic carbocycles. The molecule has 1 amide bonds. The minimum absolute atomic E-state index is 0.144. The Morgan fingerprint density at radius 2 is 2.08 bits per heavy atom. The highest BCUT2D eigenvalue weighted by atomic mass is 79.9. The Balaban J connectivity index is 1.68. The van der Waals surface area contributed by atoms with Crippen molar-refractivity contribution in [1.29, 1.82) is 0 Å². The molecule has 24 heavy (non-hydrogen) atoms. The number of piperidine rings is 1. The van der Waals surface area contributed by atoms with Gasteiger partial charge in [0.2, 0.25) is 5.91 Å². The average molecular weight is 398 g/mol. The summed E-state index contributed by atoms with van der Waals surface area (Å²) in [4.78, 5) is 24.9. The number of carbonyl (C=O) groups is 2. The van der Waals surface area contributed by atoms with Crippen LogP contribution in [0.5, 0.6) is 5.75 Å². The van der Waals surface area contributed by atoms with Crippen LogP contribution in [-0.4, -0.2) is 41.6 Å². The lowest BCUT2D eigenvalue weighted by molar-refractivity contribution is -0.137. The quantitative estimate of drug-likeness (QED) is 0.678. The number of likely N-dealkylation sites (tertiary alicyclic amines) is 1. The second-order valence-electron chi connectivity index (χ2n) is 6.16. The Morgan fingerprint density at radius 3 is 2.83 bits per heavy atom. The molecule has 1 N–H and O–H groups in total. The SMILES string of the molecule is O=C(O)CCC1CCCN(C(=O)CCCOc2ccccc2Br)C1. The zero-order valence-corrected chi connectivity index (χ0v) is 15.3. The minimum atomic E-state index is -0.761. The van der Waals surface area contributed by atoms with Gasteiger partial charge in [0.25, 0.3) is 0 Å². The zero-order valence-electron chi connectivity index (χ0n) is 13.7. The van der Waals surface area contributed by atoms with Crippen LogP contribution < -0.4 is 4.74 Å². The molecule has 1 aliphatic rings. The van der Waals surface area contributed by atoms with E-state index in [4.69, 9.17) is 9.84 Å². The molecular formula is C18H24BrNO4. The first-order valence-electron chi connectivity index (χ1n) is 8.43. The van der Waals surface area contributed by atoms with E-state index >= 15 is 0 Å². The van der Waals surface area contributed by atoms with Gasteiger partial charge in [0.1, 0.15) is 5.75 Å². The fourth-order valence-corrected chi connectivity index (χ4v) is 3.38. The predicted octanol–water partition coefficient (Wildman–Crippen LogP) is 3.71. The third-order valence-corrected chi connectivity index (χ3v) is 4.92. The lowest BCUT2D eigenvalue weighted by Crippen LogP contribution is -2.40. The second-order valence-corrected chi connectivity index (χ2v) is 7.02. The molecule has 0 aliphatic carbocycles. The van der Waals surface area contributed by atoms with Crippen LogP contribution in [0.3, 0.4) is 0 Å². The van der Waals surface area contributed by atoms with E-state index in [9.17, 15) is 9.59 Å². The summed E-state index contributed by atoms with van der Waals surface area (Å²) in [7, 11) is 0. The summed E-state index contributed by atoms with van der Waals surface area (Å²) in [6.45, 7) is 1.98. The second kappa shape index (κ2) is 9.67. The van der Waals surface area contributed by atoms with Crippen LogP contribution in [-0.2, 0) is 9.59 Å². The van der Waals surface area contributed by atoms with Gasteiger partial charge in [0.05, 0.1) is 11.1 Å². The Morgan fingerprint density at radius 1 is 1.29 bits per heavy atom. The van der Waals surface area contributed by atoms with Gasteiger partial charge in [-0.15, -0.1) is 0 Å². The number of carboxylic acid groups (broad SMARTS) is 1. The molecule has 6 heteroatoms. The van der Waals surface area contributed by atoms with Crippen molar-refractivity contribution in [3.63, 3.8) is 0 Å². The van der Waals surface area contributed by atoms with Gasteiger partial charge in [-0.3, -0.25) is 9.59 Å². The van der Waals surface area contributed by atoms with Crippen molar-refractivity contribution in [2.45, 2.75) is 38.5 Å². The molecule has 5 nitrogen and oxygen atoms in total. The van der Waals surface area contributed by atoms with Crippen molar-refractivity contribution < 1.29 is 19.4 Å². The topological polar surface area (TPSA) is 66.8 Å². The normalized spacial score (nSPS) is 17.5. The number of benzene rings is 1. The van der Waals surface area contributed by atoms with Gasteiger partial charge in [-0.05, 0) is 59.7 Å². The monoisotopic (exact) mass is 397 g/mol. The molecule has 0 bridgehead atoms. The molecule has 1 aliphatic heterocycles. The lowest BCUT2D eigenvalue weighted by Gasteiger charge is -2.32. The number of halogens is 1. The number of amides is 1. The van der Waals surface area contributed by atoms with Crippen molar-refractivity contribution in [3.05, 3.63) is 28.7 Å². The zero-order chi connectivity index (χ0) is 17.4. The molecular weight excluding hydrogens is 374 g/mol. The van der Waals surface area contributed by atoms with Crippen LogP contribution in [0.25, 0.3) is 0 Å². The summed E-state index contributed by atoms with van der Waals surface area (Å²) in [5.74, 6) is 0.486. The number of nitrogens with zero attached hydrogens (tertiary/aromatic N) is 1. The van der Waals surface area contributed by atoms with E-state index in [1.807, 2.05) is 29.2 Å². The van der Waals surface area contributed by atoms with Gasteiger partial charge < -0.3 is 14.7 Å². The molecule has 0 spiro atoms. The Kier molecular flexibility index (Phi) is 7.56. The number of ether oxygens (including phenoxy) is 1. The van der Waals surface area contributed by atoms with Gasteiger partial charge in [-0.2, -0.15) is 0 Å². The van der Waals surface area contributed by atoms with Gasteiger partial charge in [0, 0.05) is 25.9 Å².